The van der Waals surface area contributed by atoms with Crippen molar-refractivity contribution in [3.8, 4) is 11.5 Å². The van der Waals surface area contributed by atoms with Crippen LogP contribution in [0.15, 0.2) is 48.5 Å². The highest BCUT2D eigenvalue weighted by Crippen LogP contribution is 2.28. The minimum absolute atomic E-state index is 0.0167. The molecule has 0 aliphatic carbocycles. The summed E-state index contributed by atoms with van der Waals surface area (Å²) in [5, 5.41) is 16.4. The van der Waals surface area contributed by atoms with Gasteiger partial charge in [0.15, 0.2) is 18.1 Å². The second-order valence-corrected chi connectivity index (χ2v) is 6.02. The van der Waals surface area contributed by atoms with E-state index >= 15 is 0 Å². The maximum absolute atomic E-state index is 11.9. The second kappa shape index (κ2) is 11.1. The quantitative estimate of drug-likeness (QED) is 0.220. The average Bonchev–Trinajstić information content (AvgIpc) is 2.74. The van der Waals surface area contributed by atoms with E-state index in [-0.39, 0.29) is 18.2 Å². The lowest BCUT2D eigenvalue weighted by Crippen LogP contribution is -2.27. The molecule has 158 valence electrons. The Kier molecular flexibility index (Phi) is 8.18. The van der Waals surface area contributed by atoms with E-state index < -0.39 is 10.8 Å². The molecule has 2 aromatic rings. The molecular formula is C20H22N4O6. The van der Waals surface area contributed by atoms with Crippen LogP contribution in [0.25, 0.3) is 6.08 Å². The summed E-state index contributed by atoms with van der Waals surface area (Å²) in [7, 11) is 1.46. The number of non-ortho nitro benzene ring substituents is 1. The smallest absolute Gasteiger partial charge is 0.269 e. The largest absolute Gasteiger partial charge is 0.493 e. The van der Waals surface area contributed by atoms with E-state index in [0.29, 0.717) is 30.2 Å². The van der Waals surface area contributed by atoms with Crippen molar-refractivity contribution in [3.63, 3.8) is 0 Å². The third-order valence-electron chi connectivity index (χ3n) is 3.82. The number of hydrogen-bond acceptors (Lipinski definition) is 7. The number of nitro benzene ring substituents is 1. The number of hydrogen-bond donors (Lipinski definition) is 3. The monoisotopic (exact) mass is 414 g/mol. The van der Waals surface area contributed by atoms with Crippen molar-refractivity contribution in [2.75, 3.05) is 32.1 Å². The molecule has 0 aliphatic rings. The summed E-state index contributed by atoms with van der Waals surface area (Å²) in [6.45, 7) is 0.558. The van der Waals surface area contributed by atoms with Crippen molar-refractivity contribution in [2.24, 2.45) is 5.73 Å². The highest BCUT2D eigenvalue weighted by Gasteiger charge is 2.07. The van der Waals surface area contributed by atoms with Crippen LogP contribution in [0.3, 0.4) is 0 Å². The number of amides is 2. The highest BCUT2D eigenvalue weighted by molar-refractivity contribution is 5.91. The summed E-state index contributed by atoms with van der Waals surface area (Å²) in [6, 6.07) is 11.0. The number of carbonyl (C=O) groups is 2. The maximum atomic E-state index is 11.9. The lowest BCUT2D eigenvalue weighted by molar-refractivity contribution is -0.384. The van der Waals surface area contributed by atoms with Crippen LogP contribution in [-0.4, -0.2) is 43.5 Å². The van der Waals surface area contributed by atoms with Crippen molar-refractivity contribution in [1.29, 1.82) is 0 Å². The van der Waals surface area contributed by atoms with Crippen LogP contribution in [0.1, 0.15) is 5.56 Å². The molecule has 0 bridgehead atoms. The van der Waals surface area contributed by atoms with E-state index in [9.17, 15) is 19.7 Å². The molecule has 2 rings (SSSR count). The predicted octanol–water partition coefficient (Wildman–Crippen LogP) is 1.71. The number of rotatable bonds is 11. The Balaban J connectivity index is 1.79. The number of ether oxygens (including phenoxy) is 2. The molecule has 0 saturated heterocycles. The number of anilines is 1. The van der Waals surface area contributed by atoms with E-state index in [4.69, 9.17) is 15.2 Å². The first-order valence-electron chi connectivity index (χ1n) is 8.92. The van der Waals surface area contributed by atoms with Gasteiger partial charge in [0.05, 0.1) is 12.0 Å². The average molecular weight is 414 g/mol. The zero-order chi connectivity index (χ0) is 21.9. The molecule has 0 unspecified atom stereocenters. The predicted molar refractivity (Wildman–Crippen MR) is 111 cm³/mol. The van der Waals surface area contributed by atoms with Crippen LogP contribution >= 0.6 is 0 Å². The SMILES string of the molecule is COc1cc(/C=C/C(=O)NCCNc2ccc([N+](=O)[O-])cc2)ccc1OCC(N)=O. The molecule has 30 heavy (non-hydrogen) atoms. The van der Waals surface area contributed by atoms with E-state index in [1.165, 1.54) is 25.3 Å². The van der Waals surface area contributed by atoms with Crippen LogP contribution in [0.2, 0.25) is 0 Å². The number of primary amides is 1. The van der Waals surface area contributed by atoms with E-state index in [2.05, 4.69) is 10.6 Å². The summed E-state index contributed by atoms with van der Waals surface area (Å²) in [5.41, 5.74) is 6.49. The highest BCUT2D eigenvalue weighted by atomic mass is 16.6. The van der Waals surface area contributed by atoms with Gasteiger partial charge in [-0.1, -0.05) is 6.07 Å². The van der Waals surface area contributed by atoms with Crippen molar-refractivity contribution >= 4 is 29.3 Å². The Morgan fingerprint density at radius 3 is 2.50 bits per heavy atom. The molecule has 0 heterocycles. The molecular weight excluding hydrogens is 392 g/mol. The van der Waals surface area contributed by atoms with Gasteiger partial charge in [-0.2, -0.15) is 0 Å². The fourth-order valence-electron chi connectivity index (χ4n) is 2.38. The van der Waals surface area contributed by atoms with Gasteiger partial charge in [-0.15, -0.1) is 0 Å². The summed E-state index contributed by atoms with van der Waals surface area (Å²) >= 11 is 0. The minimum atomic E-state index is -0.597. The van der Waals surface area contributed by atoms with Gasteiger partial charge in [-0.25, -0.2) is 0 Å². The first-order valence-corrected chi connectivity index (χ1v) is 8.92. The molecule has 0 saturated carbocycles. The van der Waals surface area contributed by atoms with Crippen LogP contribution < -0.4 is 25.8 Å². The van der Waals surface area contributed by atoms with Crippen LogP contribution in [0, 0.1) is 10.1 Å². The van der Waals surface area contributed by atoms with Crippen LogP contribution in [0.5, 0.6) is 11.5 Å². The Hall–Kier alpha value is -4.08. The fourth-order valence-corrected chi connectivity index (χ4v) is 2.38. The van der Waals surface area contributed by atoms with E-state index in [1.54, 1.807) is 36.4 Å². The zero-order valence-corrected chi connectivity index (χ0v) is 16.3. The molecule has 2 aromatic carbocycles. The minimum Gasteiger partial charge on any atom is -0.493 e. The van der Waals surface area contributed by atoms with Crippen molar-refractivity contribution < 1.29 is 24.0 Å². The molecule has 2 amide bonds. The molecule has 0 atom stereocenters. The first-order chi connectivity index (χ1) is 14.4. The van der Waals surface area contributed by atoms with Gasteiger partial charge in [0, 0.05) is 37.0 Å². The Labute approximate surface area is 172 Å². The topological polar surface area (TPSA) is 146 Å². The van der Waals surface area contributed by atoms with Gasteiger partial charge < -0.3 is 25.8 Å². The van der Waals surface area contributed by atoms with Gasteiger partial charge in [-0.05, 0) is 35.9 Å². The lowest BCUT2D eigenvalue weighted by atomic mass is 10.2. The maximum Gasteiger partial charge on any atom is 0.269 e. The van der Waals surface area contributed by atoms with Gasteiger partial charge in [0.1, 0.15) is 0 Å². The number of carbonyl (C=O) groups excluding carboxylic acids is 2. The third-order valence-corrected chi connectivity index (χ3v) is 3.82. The molecule has 10 heteroatoms. The molecule has 0 spiro atoms. The molecule has 4 N–H and O–H groups in total. The summed E-state index contributed by atoms with van der Waals surface area (Å²) in [4.78, 5) is 32.9. The van der Waals surface area contributed by atoms with Gasteiger partial charge in [0.2, 0.25) is 5.91 Å². The molecule has 10 nitrogen and oxygen atoms in total. The Morgan fingerprint density at radius 2 is 1.87 bits per heavy atom. The zero-order valence-electron chi connectivity index (χ0n) is 16.3. The van der Waals surface area contributed by atoms with Gasteiger partial charge in [-0.3, -0.25) is 19.7 Å². The molecule has 0 aromatic heterocycles. The molecule has 0 radical (unpaired) electrons. The normalized spacial score (nSPS) is 10.4. The van der Waals surface area contributed by atoms with Crippen molar-refractivity contribution in [3.05, 3.63) is 64.2 Å². The number of nitrogens with two attached hydrogens (primary N) is 1. The second-order valence-electron chi connectivity index (χ2n) is 6.02. The number of nitro groups is 1. The Morgan fingerprint density at radius 1 is 1.13 bits per heavy atom. The molecule has 0 fully saturated rings. The first kappa shape index (κ1) is 22.2. The van der Waals surface area contributed by atoms with E-state index in [1.807, 2.05) is 0 Å². The van der Waals surface area contributed by atoms with Crippen LogP contribution in [-0.2, 0) is 9.59 Å². The standard InChI is InChI=1S/C20H22N4O6/c1-29-18-12-14(2-8-17(18)30-13-19(21)25)3-9-20(26)23-11-10-22-15-4-6-16(7-5-15)24(27)28/h2-9,12,22H,10-11,13H2,1H3,(H2,21,25)(H,23,26)/b9-3+. The van der Waals surface area contributed by atoms with Crippen molar-refractivity contribution in [1.82, 2.24) is 5.32 Å². The number of nitrogens with zero attached hydrogens (tertiary/aromatic N) is 1. The summed E-state index contributed by atoms with van der Waals surface area (Å²) in [5.74, 6) is -0.101. The van der Waals surface area contributed by atoms with Gasteiger partial charge >= 0.3 is 0 Å². The summed E-state index contributed by atoms with van der Waals surface area (Å²) in [6.07, 6.45) is 2.99. The lowest BCUT2D eigenvalue weighted by Gasteiger charge is -2.10. The summed E-state index contributed by atoms with van der Waals surface area (Å²) < 4.78 is 10.5. The van der Waals surface area contributed by atoms with Crippen molar-refractivity contribution in [2.45, 2.75) is 0 Å². The molecule has 0 aliphatic heterocycles. The fraction of sp³-hybridized carbons (Fsp3) is 0.200. The van der Waals surface area contributed by atoms with Gasteiger partial charge in [0.25, 0.3) is 11.6 Å². The number of benzene rings is 2. The Bertz CT molecular complexity index is 927. The number of nitrogens with one attached hydrogen (secondary N) is 2. The van der Waals surface area contributed by atoms with E-state index in [0.717, 1.165) is 5.69 Å². The van der Waals surface area contributed by atoms with Crippen LogP contribution in [0.4, 0.5) is 11.4 Å². The third kappa shape index (κ3) is 7.15. The number of methoxy groups -OCH3 is 1.